The Kier molecular flexibility index (Phi) is 6.43. The second-order valence-corrected chi connectivity index (χ2v) is 9.51. The van der Waals surface area contributed by atoms with Crippen LogP contribution in [0.2, 0.25) is 5.02 Å². The average Bonchev–Trinajstić information content (AvgIpc) is 3.25. The minimum Gasteiger partial charge on any atom is -0.506 e. The fraction of sp³-hybridized carbons (Fsp3) is 0.179. The molecule has 188 valence electrons. The monoisotopic (exact) mass is 520 g/mol. The lowest BCUT2D eigenvalue weighted by atomic mass is 9.87. The molecular weight excluding hydrogens is 499 g/mol. The number of aliphatic carboxylic acids is 1. The summed E-state index contributed by atoms with van der Waals surface area (Å²) in [7, 11) is 0. The number of carboxylic acid groups (broad SMARTS) is 1. The van der Waals surface area contributed by atoms with Gasteiger partial charge in [-0.05, 0) is 66.8 Å². The second-order valence-electron chi connectivity index (χ2n) is 9.10. The molecular formula is C28H22ClFN2O5. The Bertz CT molecular complexity index is 1470. The number of amides is 2. The van der Waals surface area contributed by atoms with Crippen molar-refractivity contribution < 1.29 is 29.0 Å². The van der Waals surface area contributed by atoms with Crippen molar-refractivity contribution >= 4 is 40.8 Å². The van der Waals surface area contributed by atoms with Gasteiger partial charge in [-0.15, -0.1) is 0 Å². The molecule has 0 saturated heterocycles. The number of nitrogens with zero attached hydrogens (tertiary/aromatic N) is 1. The molecule has 2 atom stereocenters. The van der Waals surface area contributed by atoms with Crippen LogP contribution >= 0.6 is 11.6 Å². The molecule has 1 unspecified atom stereocenters. The van der Waals surface area contributed by atoms with Gasteiger partial charge < -0.3 is 20.4 Å². The molecule has 0 aromatic heterocycles. The van der Waals surface area contributed by atoms with Crippen LogP contribution in [0.4, 0.5) is 15.8 Å². The molecule has 3 aromatic carbocycles. The number of nitrogens with one attached hydrogen (secondary N) is 1. The highest BCUT2D eigenvalue weighted by molar-refractivity contribution is 6.34. The molecule has 0 radical (unpaired) electrons. The summed E-state index contributed by atoms with van der Waals surface area (Å²) in [5, 5.41) is 22.6. The Morgan fingerprint density at radius 1 is 1.05 bits per heavy atom. The number of para-hydroxylation sites is 1. The van der Waals surface area contributed by atoms with E-state index < -0.39 is 17.7 Å². The summed E-state index contributed by atoms with van der Waals surface area (Å²) >= 11 is 5.99. The van der Waals surface area contributed by atoms with E-state index in [4.69, 9.17) is 11.6 Å². The number of carboxylic acids is 1. The van der Waals surface area contributed by atoms with E-state index in [1.54, 1.807) is 11.0 Å². The van der Waals surface area contributed by atoms with Crippen molar-refractivity contribution in [1.82, 2.24) is 0 Å². The van der Waals surface area contributed by atoms with E-state index >= 15 is 0 Å². The zero-order valence-corrected chi connectivity index (χ0v) is 20.2. The van der Waals surface area contributed by atoms with Crippen LogP contribution in [0, 0.1) is 11.7 Å². The van der Waals surface area contributed by atoms with E-state index in [1.807, 2.05) is 24.3 Å². The topological polar surface area (TPSA) is 107 Å². The number of benzene rings is 3. The standard InChI is InChI=1S/C28H22ClFN2O5/c29-22-7-6-18(30)14-21(22)26(34)31-23-8-5-16(13-25(23)33)27(35)32-10-9-15-11-17(28(36)37)12-20(15)19-3-1-2-4-24(19)32/h1-8,12-15,20,33H,9-11H2,(H,31,34)(H,36,37)/t15?,20-/m0/s1. The fourth-order valence-corrected chi connectivity index (χ4v) is 5.25. The highest BCUT2D eigenvalue weighted by Crippen LogP contribution is 2.46. The summed E-state index contributed by atoms with van der Waals surface area (Å²) in [5.41, 5.74) is 2.14. The van der Waals surface area contributed by atoms with Crippen molar-refractivity contribution in [3.63, 3.8) is 0 Å². The van der Waals surface area contributed by atoms with Gasteiger partial charge in [0, 0.05) is 29.3 Å². The molecule has 7 nitrogen and oxygen atoms in total. The van der Waals surface area contributed by atoms with Gasteiger partial charge in [0.1, 0.15) is 11.6 Å². The number of allylic oxidation sites excluding steroid dienone is 1. The fourth-order valence-electron chi connectivity index (χ4n) is 5.04. The molecule has 9 heteroatoms. The molecule has 1 aliphatic carbocycles. The van der Waals surface area contributed by atoms with Crippen molar-refractivity contribution in [3.8, 4) is 5.75 Å². The van der Waals surface area contributed by atoms with Gasteiger partial charge in [0.15, 0.2) is 0 Å². The van der Waals surface area contributed by atoms with Crippen molar-refractivity contribution in [3.05, 3.63) is 99.8 Å². The Morgan fingerprint density at radius 3 is 2.59 bits per heavy atom. The molecule has 0 spiro atoms. The van der Waals surface area contributed by atoms with E-state index in [0.29, 0.717) is 30.6 Å². The molecule has 3 aromatic rings. The number of halogens is 2. The predicted molar refractivity (Wildman–Crippen MR) is 137 cm³/mol. The zero-order valence-electron chi connectivity index (χ0n) is 19.4. The third kappa shape index (κ3) is 4.68. The van der Waals surface area contributed by atoms with Crippen molar-refractivity contribution in [2.24, 2.45) is 5.92 Å². The van der Waals surface area contributed by atoms with E-state index in [0.717, 1.165) is 17.7 Å². The Morgan fingerprint density at radius 2 is 1.84 bits per heavy atom. The number of rotatable bonds is 4. The third-order valence-corrected chi connectivity index (χ3v) is 7.20. The average molecular weight is 521 g/mol. The lowest BCUT2D eigenvalue weighted by Crippen LogP contribution is -2.32. The summed E-state index contributed by atoms with van der Waals surface area (Å²) in [5.74, 6) is -2.94. The summed E-state index contributed by atoms with van der Waals surface area (Å²) in [4.78, 5) is 39.3. The molecule has 2 aliphatic rings. The van der Waals surface area contributed by atoms with Gasteiger partial charge >= 0.3 is 5.97 Å². The minimum absolute atomic E-state index is 0.0408. The normalized spacial score (nSPS) is 18.3. The number of hydrogen-bond donors (Lipinski definition) is 3. The number of anilines is 2. The first-order valence-corrected chi connectivity index (χ1v) is 12.0. The number of hydrogen-bond acceptors (Lipinski definition) is 4. The number of carbonyl (C=O) groups is 3. The highest BCUT2D eigenvalue weighted by atomic mass is 35.5. The molecule has 1 aliphatic heterocycles. The van der Waals surface area contributed by atoms with Gasteiger partial charge in [-0.1, -0.05) is 35.9 Å². The molecule has 1 heterocycles. The van der Waals surface area contributed by atoms with Crippen molar-refractivity contribution in [1.29, 1.82) is 0 Å². The van der Waals surface area contributed by atoms with E-state index in [9.17, 15) is 29.0 Å². The zero-order chi connectivity index (χ0) is 26.3. The third-order valence-electron chi connectivity index (χ3n) is 6.87. The number of phenols is 1. The summed E-state index contributed by atoms with van der Waals surface area (Å²) in [6.07, 6.45) is 2.85. The lowest BCUT2D eigenvalue weighted by Gasteiger charge is -2.24. The van der Waals surface area contributed by atoms with Crippen LogP contribution in [0.25, 0.3) is 0 Å². The maximum absolute atomic E-state index is 13.6. The van der Waals surface area contributed by atoms with Gasteiger partial charge in [-0.3, -0.25) is 9.59 Å². The SMILES string of the molecule is O=C(O)C1=C[C@@H]2c3ccccc3N(C(=O)c3ccc(NC(=O)c4cc(F)ccc4Cl)c(O)c3)CCC2C1. The maximum Gasteiger partial charge on any atom is 0.331 e. The summed E-state index contributed by atoms with van der Waals surface area (Å²) in [6, 6.07) is 15.0. The van der Waals surface area contributed by atoms with E-state index in [-0.39, 0.29) is 45.3 Å². The van der Waals surface area contributed by atoms with Crippen LogP contribution in [0.1, 0.15) is 45.0 Å². The van der Waals surface area contributed by atoms with Crippen LogP contribution in [0.3, 0.4) is 0 Å². The molecule has 2 amide bonds. The molecule has 5 rings (SSSR count). The molecule has 3 N–H and O–H groups in total. The van der Waals surface area contributed by atoms with Crippen LogP contribution in [0.5, 0.6) is 5.75 Å². The van der Waals surface area contributed by atoms with Crippen LogP contribution in [-0.4, -0.2) is 34.5 Å². The summed E-state index contributed by atoms with van der Waals surface area (Å²) in [6.45, 7) is 0.384. The predicted octanol–water partition coefficient (Wildman–Crippen LogP) is 5.60. The molecule has 0 bridgehead atoms. The summed E-state index contributed by atoms with van der Waals surface area (Å²) < 4.78 is 13.5. The van der Waals surface area contributed by atoms with Gasteiger partial charge in [-0.2, -0.15) is 0 Å². The Balaban J connectivity index is 1.40. The van der Waals surface area contributed by atoms with Gasteiger partial charge in [0.2, 0.25) is 0 Å². The maximum atomic E-state index is 13.6. The van der Waals surface area contributed by atoms with Gasteiger partial charge in [0.05, 0.1) is 16.3 Å². The molecule has 0 saturated carbocycles. The van der Waals surface area contributed by atoms with E-state index in [2.05, 4.69) is 5.32 Å². The minimum atomic E-state index is -0.916. The van der Waals surface area contributed by atoms with Crippen LogP contribution < -0.4 is 10.2 Å². The highest BCUT2D eigenvalue weighted by Gasteiger charge is 2.37. The molecule has 37 heavy (non-hydrogen) atoms. The van der Waals surface area contributed by atoms with Gasteiger partial charge in [-0.25, -0.2) is 9.18 Å². The van der Waals surface area contributed by atoms with Crippen molar-refractivity contribution in [2.75, 3.05) is 16.8 Å². The first kappa shape index (κ1) is 24.5. The number of carbonyl (C=O) groups excluding carboxylic acids is 2. The van der Waals surface area contributed by atoms with Crippen molar-refractivity contribution in [2.45, 2.75) is 18.8 Å². The largest absolute Gasteiger partial charge is 0.506 e. The smallest absolute Gasteiger partial charge is 0.331 e. The van der Waals surface area contributed by atoms with Crippen LogP contribution in [-0.2, 0) is 4.79 Å². The number of fused-ring (bicyclic) bond motifs is 3. The lowest BCUT2D eigenvalue weighted by molar-refractivity contribution is -0.132. The quantitative estimate of drug-likeness (QED) is 0.388. The number of aromatic hydroxyl groups is 1. The first-order chi connectivity index (χ1) is 17.7. The number of phenolic OH excluding ortho intramolecular Hbond substituents is 1. The molecule has 0 fully saturated rings. The first-order valence-electron chi connectivity index (χ1n) is 11.7. The van der Waals surface area contributed by atoms with E-state index in [1.165, 1.54) is 24.3 Å². The van der Waals surface area contributed by atoms with Crippen LogP contribution in [0.15, 0.2) is 72.3 Å². The second kappa shape index (κ2) is 9.71. The Labute approximate surface area is 216 Å². The Hall–Kier alpha value is -4.17. The van der Waals surface area contributed by atoms with Gasteiger partial charge in [0.25, 0.3) is 11.8 Å².